The normalized spacial score (nSPS) is 12.7. The Morgan fingerprint density at radius 2 is 2.29 bits per heavy atom. The molecule has 1 aromatic heterocycles. The molecule has 14 heavy (non-hydrogen) atoms. The van der Waals surface area contributed by atoms with Gasteiger partial charge in [0.2, 0.25) is 5.91 Å². The van der Waals surface area contributed by atoms with Gasteiger partial charge < -0.3 is 11.5 Å². The van der Waals surface area contributed by atoms with Crippen LogP contribution in [0.15, 0.2) is 12.1 Å². The molecule has 4 N–H and O–H groups in total. The van der Waals surface area contributed by atoms with Gasteiger partial charge in [0.15, 0.2) is 0 Å². The SMILES string of the molecule is NC(=O)CCCC(N)c1ccc(Cl)s1. The summed E-state index contributed by atoms with van der Waals surface area (Å²) < 4.78 is 0.741. The number of amides is 1. The monoisotopic (exact) mass is 232 g/mol. The number of rotatable bonds is 5. The fraction of sp³-hybridized carbons (Fsp3) is 0.444. The molecule has 0 bridgehead atoms. The molecule has 1 aromatic rings. The van der Waals surface area contributed by atoms with Crippen molar-refractivity contribution in [3.05, 3.63) is 21.3 Å². The Morgan fingerprint density at radius 3 is 2.79 bits per heavy atom. The molecule has 1 unspecified atom stereocenters. The number of hydrogen-bond acceptors (Lipinski definition) is 3. The summed E-state index contributed by atoms with van der Waals surface area (Å²) in [7, 11) is 0. The first-order valence-electron chi connectivity index (χ1n) is 4.38. The van der Waals surface area contributed by atoms with Crippen molar-refractivity contribution in [1.29, 1.82) is 0 Å². The Morgan fingerprint density at radius 1 is 1.57 bits per heavy atom. The molecule has 0 aromatic carbocycles. The summed E-state index contributed by atoms with van der Waals surface area (Å²) in [5.41, 5.74) is 10.9. The molecule has 0 aliphatic heterocycles. The van der Waals surface area contributed by atoms with E-state index in [1.165, 1.54) is 11.3 Å². The molecule has 0 fully saturated rings. The van der Waals surface area contributed by atoms with Gasteiger partial charge in [-0.2, -0.15) is 0 Å². The number of thiophene rings is 1. The lowest BCUT2D eigenvalue weighted by atomic mass is 10.1. The summed E-state index contributed by atoms with van der Waals surface area (Å²) in [6.45, 7) is 0. The quantitative estimate of drug-likeness (QED) is 0.816. The third kappa shape index (κ3) is 3.65. The van der Waals surface area contributed by atoms with Crippen molar-refractivity contribution in [3.63, 3.8) is 0 Å². The van der Waals surface area contributed by atoms with E-state index in [-0.39, 0.29) is 11.9 Å². The zero-order valence-electron chi connectivity index (χ0n) is 7.70. The smallest absolute Gasteiger partial charge is 0.217 e. The molecule has 3 nitrogen and oxygen atoms in total. The fourth-order valence-corrected chi connectivity index (χ4v) is 2.26. The molecule has 1 amide bonds. The van der Waals surface area contributed by atoms with E-state index in [1.807, 2.05) is 12.1 Å². The number of halogens is 1. The van der Waals surface area contributed by atoms with E-state index in [0.29, 0.717) is 6.42 Å². The Hall–Kier alpha value is -0.580. The second-order valence-corrected chi connectivity index (χ2v) is 4.85. The Kier molecular flexibility index (Phi) is 4.38. The maximum Gasteiger partial charge on any atom is 0.217 e. The minimum atomic E-state index is -0.276. The van der Waals surface area contributed by atoms with Gasteiger partial charge in [0.25, 0.3) is 0 Å². The number of nitrogens with two attached hydrogens (primary N) is 2. The van der Waals surface area contributed by atoms with Crippen LogP contribution in [0.3, 0.4) is 0 Å². The summed E-state index contributed by atoms with van der Waals surface area (Å²) in [5.74, 6) is -0.276. The van der Waals surface area contributed by atoms with E-state index in [1.54, 1.807) is 0 Å². The lowest BCUT2D eigenvalue weighted by Crippen LogP contribution is -2.13. The largest absolute Gasteiger partial charge is 0.370 e. The summed E-state index contributed by atoms with van der Waals surface area (Å²) in [5, 5.41) is 0. The van der Waals surface area contributed by atoms with Gasteiger partial charge in [0.1, 0.15) is 0 Å². The van der Waals surface area contributed by atoms with Gasteiger partial charge >= 0.3 is 0 Å². The third-order valence-electron chi connectivity index (χ3n) is 1.90. The van der Waals surface area contributed by atoms with Crippen LogP contribution in [0.2, 0.25) is 4.34 Å². The van der Waals surface area contributed by atoms with E-state index in [4.69, 9.17) is 23.1 Å². The minimum absolute atomic E-state index is 0.0353. The number of carbonyl (C=O) groups is 1. The first kappa shape index (κ1) is 11.5. The van der Waals surface area contributed by atoms with Crippen LogP contribution in [0.25, 0.3) is 0 Å². The van der Waals surface area contributed by atoms with E-state index in [2.05, 4.69) is 0 Å². The highest BCUT2D eigenvalue weighted by Crippen LogP contribution is 2.27. The fourth-order valence-electron chi connectivity index (χ4n) is 1.17. The number of primary amides is 1. The molecule has 1 heterocycles. The summed E-state index contributed by atoms with van der Waals surface area (Å²) in [6, 6.07) is 3.71. The average molecular weight is 233 g/mol. The first-order valence-corrected chi connectivity index (χ1v) is 5.58. The minimum Gasteiger partial charge on any atom is -0.370 e. The van der Waals surface area contributed by atoms with Crippen molar-refractivity contribution in [2.75, 3.05) is 0 Å². The molecular formula is C9H13ClN2OS. The molecule has 5 heteroatoms. The van der Waals surface area contributed by atoms with Crippen LogP contribution >= 0.6 is 22.9 Å². The van der Waals surface area contributed by atoms with Gasteiger partial charge in [-0.1, -0.05) is 11.6 Å². The molecule has 0 spiro atoms. The highest BCUT2D eigenvalue weighted by atomic mass is 35.5. The van der Waals surface area contributed by atoms with Crippen molar-refractivity contribution < 1.29 is 4.79 Å². The predicted molar refractivity (Wildman–Crippen MR) is 59.3 cm³/mol. The first-order chi connectivity index (χ1) is 6.59. The van der Waals surface area contributed by atoms with Gasteiger partial charge in [-0.3, -0.25) is 4.79 Å². The van der Waals surface area contributed by atoms with E-state index < -0.39 is 0 Å². The summed E-state index contributed by atoms with van der Waals surface area (Å²) >= 11 is 7.26. The van der Waals surface area contributed by atoms with E-state index in [9.17, 15) is 4.79 Å². The van der Waals surface area contributed by atoms with Gasteiger partial charge in [-0.25, -0.2) is 0 Å². The lowest BCUT2D eigenvalue weighted by molar-refractivity contribution is -0.118. The van der Waals surface area contributed by atoms with Gasteiger partial charge in [-0.05, 0) is 25.0 Å². The van der Waals surface area contributed by atoms with Gasteiger partial charge in [0.05, 0.1) is 4.34 Å². The van der Waals surface area contributed by atoms with Crippen molar-refractivity contribution in [1.82, 2.24) is 0 Å². The van der Waals surface area contributed by atoms with Crippen molar-refractivity contribution in [2.45, 2.75) is 25.3 Å². The topological polar surface area (TPSA) is 69.1 Å². The van der Waals surface area contributed by atoms with Crippen LogP contribution in [0.4, 0.5) is 0 Å². The molecule has 78 valence electrons. The van der Waals surface area contributed by atoms with E-state index in [0.717, 1.165) is 22.1 Å². The molecule has 0 radical (unpaired) electrons. The molecule has 0 saturated carbocycles. The van der Waals surface area contributed by atoms with E-state index >= 15 is 0 Å². The standard InChI is InChI=1S/C9H13ClN2OS/c10-8-5-4-7(14-8)6(11)2-1-3-9(12)13/h4-6H,1-3,11H2,(H2,12,13). The molecule has 1 atom stereocenters. The van der Waals surface area contributed by atoms with Crippen molar-refractivity contribution >= 4 is 28.8 Å². The summed E-state index contributed by atoms with van der Waals surface area (Å²) in [4.78, 5) is 11.5. The highest BCUT2D eigenvalue weighted by Gasteiger charge is 2.08. The van der Waals surface area contributed by atoms with Crippen LogP contribution < -0.4 is 11.5 Å². The molecule has 0 saturated heterocycles. The number of carbonyl (C=O) groups excluding carboxylic acids is 1. The second kappa shape index (κ2) is 5.34. The average Bonchev–Trinajstić information content (AvgIpc) is 2.51. The van der Waals surface area contributed by atoms with Gasteiger partial charge in [-0.15, -0.1) is 11.3 Å². The molecule has 1 rings (SSSR count). The van der Waals surface area contributed by atoms with Crippen LogP contribution in [0.5, 0.6) is 0 Å². The zero-order chi connectivity index (χ0) is 10.6. The molecule has 0 aliphatic carbocycles. The lowest BCUT2D eigenvalue weighted by Gasteiger charge is -2.07. The van der Waals surface area contributed by atoms with Crippen LogP contribution in [-0.2, 0) is 4.79 Å². The maximum absolute atomic E-state index is 10.5. The number of hydrogen-bond donors (Lipinski definition) is 2. The highest BCUT2D eigenvalue weighted by molar-refractivity contribution is 7.16. The Balaban J connectivity index is 2.35. The van der Waals surface area contributed by atoms with Gasteiger partial charge in [0, 0.05) is 17.3 Å². The van der Waals surface area contributed by atoms with Crippen molar-refractivity contribution in [2.24, 2.45) is 11.5 Å². The molecule has 0 aliphatic rings. The maximum atomic E-state index is 10.5. The Bertz CT molecular complexity index is 314. The van der Waals surface area contributed by atoms with Crippen molar-refractivity contribution in [3.8, 4) is 0 Å². The Labute approximate surface area is 92.0 Å². The second-order valence-electron chi connectivity index (χ2n) is 3.11. The molecular weight excluding hydrogens is 220 g/mol. The van der Waals surface area contributed by atoms with Crippen LogP contribution in [-0.4, -0.2) is 5.91 Å². The summed E-state index contributed by atoms with van der Waals surface area (Å²) in [6.07, 6.45) is 1.89. The van der Waals surface area contributed by atoms with Crippen LogP contribution in [0, 0.1) is 0 Å². The predicted octanol–water partition coefficient (Wildman–Crippen LogP) is 2.06. The zero-order valence-corrected chi connectivity index (χ0v) is 9.27. The van der Waals surface area contributed by atoms with Crippen LogP contribution in [0.1, 0.15) is 30.2 Å². The third-order valence-corrected chi connectivity index (χ3v) is 3.26.